The second-order valence-electron chi connectivity index (χ2n) is 8.80. The number of carbonyl (C=O) groups excluding carboxylic acids is 4. The zero-order valence-electron chi connectivity index (χ0n) is 18.6. The zero-order chi connectivity index (χ0) is 23.3. The van der Waals surface area contributed by atoms with E-state index >= 15 is 0 Å². The van der Waals surface area contributed by atoms with Crippen molar-refractivity contribution in [3.8, 4) is 0 Å². The number of nitrogens with one attached hydrogen (secondary N) is 1. The highest BCUT2D eigenvalue weighted by Gasteiger charge is 2.35. The van der Waals surface area contributed by atoms with Gasteiger partial charge in [-0.15, -0.1) is 0 Å². The predicted molar refractivity (Wildman–Crippen MR) is 123 cm³/mol. The first-order valence-electron chi connectivity index (χ1n) is 10.7. The van der Waals surface area contributed by atoms with Gasteiger partial charge in [-0.2, -0.15) is 0 Å². The third-order valence-electron chi connectivity index (χ3n) is 5.05. The molecule has 32 heavy (non-hydrogen) atoms. The van der Waals surface area contributed by atoms with E-state index in [1.54, 1.807) is 31.7 Å². The predicted octanol–water partition coefficient (Wildman–Crippen LogP) is 3.49. The van der Waals surface area contributed by atoms with Gasteiger partial charge in [-0.25, -0.2) is 4.79 Å². The van der Waals surface area contributed by atoms with Gasteiger partial charge in [0, 0.05) is 26.2 Å². The van der Waals surface area contributed by atoms with Crippen LogP contribution in [0.15, 0.2) is 35.2 Å². The molecule has 3 rings (SSSR count). The standard InChI is InChI=1S/C23H29N3O5S/c1-23(2,3)31-21(29)25-12-7-10-17(15-25)19(27)24-11-13-26-20(28)18(32-22(26)30)14-16-8-5-4-6-9-16/h4-6,8-9,14,17H,7,10-13,15H2,1-3H3,(H,24,27)/b18-14-. The summed E-state index contributed by atoms with van der Waals surface area (Å²) < 4.78 is 5.40. The number of piperidine rings is 1. The lowest BCUT2D eigenvalue weighted by atomic mass is 9.97. The van der Waals surface area contributed by atoms with Gasteiger partial charge in [-0.1, -0.05) is 30.3 Å². The fourth-order valence-electron chi connectivity index (χ4n) is 3.51. The molecule has 1 N–H and O–H groups in total. The van der Waals surface area contributed by atoms with Crippen LogP contribution in [-0.4, -0.2) is 64.7 Å². The Kier molecular flexibility index (Phi) is 7.60. The largest absolute Gasteiger partial charge is 0.444 e. The van der Waals surface area contributed by atoms with Gasteiger partial charge in [-0.05, 0) is 57.0 Å². The van der Waals surface area contributed by atoms with Crippen LogP contribution in [0.3, 0.4) is 0 Å². The van der Waals surface area contributed by atoms with E-state index in [4.69, 9.17) is 4.74 Å². The van der Waals surface area contributed by atoms with Crippen molar-refractivity contribution in [1.29, 1.82) is 0 Å². The van der Waals surface area contributed by atoms with Crippen molar-refractivity contribution < 1.29 is 23.9 Å². The Morgan fingerprint density at radius 2 is 1.94 bits per heavy atom. The molecule has 0 bridgehead atoms. The molecule has 1 aromatic rings. The summed E-state index contributed by atoms with van der Waals surface area (Å²) in [7, 11) is 0. The van der Waals surface area contributed by atoms with Crippen molar-refractivity contribution in [2.75, 3.05) is 26.2 Å². The molecule has 9 heteroatoms. The molecule has 2 aliphatic heterocycles. The molecule has 1 unspecified atom stereocenters. The number of likely N-dealkylation sites (tertiary alicyclic amines) is 1. The number of nitrogens with zero attached hydrogens (tertiary/aromatic N) is 2. The fraction of sp³-hybridized carbons (Fsp3) is 0.478. The number of hydrogen-bond donors (Lipinski definition) is 1. The lowest BCUT2D eigenvalue weighted by molar-refractivity contribution is -0.127. The average Bonchev–Trinajstić information content (AvgIpc) is 3.00. The molecule has 8 nitrogen and oxygen atoms in total. The summed E-state index contributed by atoms with van der Waals surface area (Å²) in [5, 5.41) is 2.45. The summed E-state index contributed by atoms with van der Waals surface area (Å²) in [6, 6.07) is 9.32. The van der Waals surface area contributed by atoms with Crippen LogP contribution in [0.4, 0.5) is 9.59 Å². The van der Waals surface area contributed by atoms with Crippen LogP contribution in [0.1, 0.15) is 39.2 Å². The topological polar surface area (TPSA) is 96.0 Å². The molecule has 0 spiro atoms. The SMILES string of the molecule is CC(C)(C)OC(=O)N1CCCC(C(=O)NCCN2C(=O)S/C(=C\c3ccccc3)C2=O)C1. The molecule has 0 aliphatic carbocycles. The number of amides is 4. The van der Waals surface area contributed by atoms with Crippen LogP contribution >= 0.6 is 11.8 Å². The van der Waals surface area contributed by atoms with Crippen molar-refractivity contribution in [3.63, 3.8) is 0 Å². The molecule has 2 fully saturated rings. The average molecular weight is 460 g/mol. The van der Waals surface area contributed by atoms with E-state index in [1.165, 1.54) is 0 Å². The number of benzene rings is 1. The minimum atomic E-state index is -0.590. The normalized spacial score (nSPS) is 20.6. The van der Waals surface area contributed by atoms with E-state index in [0.29, 0.717) is 30.8 Å². The molecule has 1 aromatic carbocycles. The molecule has 0 aromatic heterocycles. The quantitative estimate of drug-likeness (QED) is 0.677. The monoisotopic (exact) mass is 459 g/mol. The smallest absolute Gasteiger partial charge is 0.410 e. The van der Waals surface area contributed by atoms with Gasteiger partial charge in [0.15, 0.2) is 0 Å². The van der Waals surface area contributed by atoms with E-state index in [2.05, 4.69) is 5.32 Å². The number of ether oxygens (including phenoxy) is 1. The molecular formula is C23H29N3O5S. The summed E-state index contributed by atoms with van der Waals surface area (Å²) in [5.74, 6) is -0.888. The molecular weight excluding hydrogens is 430 g/mol. The molecule has 2 heterocycles. The Labute approximate surface area is 192 Å². The van der Waals surface area contributed by atoms with Crippen LogP contribution in [0.25, 0.3) is 6.08 Å². The minimum absolute atomic E-state index is 0.102. The van der Waals surface area contributed by atoms with Crippen molar-refractivity contribution in [2.45, 2.75) is 39.2 Å². The zero-order valence-corrected chi connectivity index (χ0v) is 19.4. The van der Waals surface area contributed by atoms with E-state index in [1.807, 2.05) is 30.3 Å². The molecule has 172 valence electrons. The van der Waals surface area contributed by atoms with Gasteiger partial charge < -0.3 is 15.0 Å². The summed E-state index contributed by atoms with van der Waals surface area (Å²) >= 11 is 0.899. The lowest BCUT2D eigenvalue weighted by Gasteiger charge is -2.33. The van der Waals surface area contributed by atoms with E-state index in [-0.39, 0.29) is 36.1 Å². The maximum absolute atomic E-state index is 12.6. The number of rotatable bonds is 5. The third kappa shape index (κ3) is 6.35. The highest BCUT2D eigenvalue weighted by atomic mass is 32.2. The van der Waals surface area contributed by atoms with E-state index < -0.39 is 11.7 Å². The van der Waals surface area contributed by atoms with E-state index in [9.17, 15) is 19.2 Å². The van der Waals surface area contributed by atoms with Crippen LogP contribution in [-0.2, 0) is 14.3 Å². The molecule has 0 saturated carbocycles. The van der Waals surface area contributed by atoms with Crippen molar-refractivity contribution >= 4 is 41.0 Å². The van der Waals surface area contributed by atoms with Gasteiger partial charge in [-0.3, -0.25) is 19.3 Å². The molecule has 2 aliphatic rings. The fourth-order valence-corrected chi connectivity index (χ4v) is 4.38. The number of thioether (sulfide) groups is 1. The van der Waals surface area contributed by atoms with Crippen molar-refractivity contribution in [2.24, 2.45) is 5.92 Å². The van der Waals surface area contributed by atoms with Gasteiger partial charge in [0.25, 0.3) is 11.1 Å². The van der Waals surface area contributed by atoms with E-state index in [0.717, 1.165) is 22.2 Å². The second kappa shape index (κ2) is 10.2. The van der Waals surface area contributed by atoms with Crippen LogP contribution in [0.5, 0.6) is 0 Å². The summed E-state index contributed by atoms with van der Waals surface area (Å²) in [6.07, 6.45) is 2.66. The Morgan fingerprint density at radius 3 is 2.62 bits per heavy atom. The number of hydrogen-bond acceptors (Lipinski definition) is 6. The maximum atomic E-state index is 12.6. The Balaban J connectivity index is 1.49. The first-order chi connectivity index (χ1) is 15.1. The highest BCUT2D eigenvalue weighted by molar-refractivity contribution is 8.18. The van der Waals surface area contributed by atoms with Crippen LogP contribution in [0.2, 0.25) is 0 Å². The molecule has 1 atom stereocenters. The van der Waals surface area contributed by atoms with Crippen molar-refractivity contribution in [3.05, 3.63) is 40.8 Å². The summed E-state index contributed by atoms with van der Waals surface area (Å²) in [4.78, 5) is 52.8. The van der Waals surface area contributed by atoms with Gasteiger partial charge >= 0.3 is 6.09 Å². The second-order valence-corrected chi connectivity index (χ2v) is 9.79. The first kappa shape index (κ1) is 23.8. The Hall–Kier alpha value is -2.81. The van der Waals surface area contributed by atoms with Gasteiger partial charge in [0.1, 0.15) is 5.60 Å². The molecule has 0 radical (unpaired) electrons. The number of carbonyl (C=O) groups is 4. The Morgan fingerprint density at radius 1 is 1.22 bits per heavy atom. The van der Waals surface area contributed by atoms with Crippen LogP contribution < -0.4 is 5.32 Å². The van der Waals surface area contributed by atoms with Crippen molar-refractivity contribution in [1.82, 2.24) is 15.1 Å². The highest BCUT2D eigenvalue weighted by Crippen LogP contribution is 2.31. The van der Waals surface area contributed by atoms with Crippen LogP contribution in [0, 0.1) is 5.92 Å². The summed E-state index contributed by atoms with van der Waals surface area (Å²) in [5.41, 5.74) is 0.255. The number of imide groups is 1. The Bertz CT molecular complexity index is 910. The third-order valence-corrected chi connectivity index (χ3v) is 5.96. The maximum Gasteiger partial charge on any atom is 0.410 e. The molecule has 2 saturated heterocycles. The van der Waals surface area contributed by atoms with Gasteiger partial charge in [0.2, 0.25) is 5.91 Å². The first-order valence-corrected chi connectivity index (χ1v) is 11.5. The minimum Gasteiger partial charge on any atom is -0.444 e. The summed E-state index contributed by atoms with van der Waals surface area (Å²) in [6.45, 7) is 6.53. The lowest BCUT2D eigenvalue weighted by Crippen LogP contribution is -2.48. The van der Waals surface area contributed by atoms with Gasteiger partial charge in [0.05, 0.1) is 10.8 Å². The molecule has 4 amide bonds.